The Morgan fingerprint density at radius 2 is 1.74 bits per heavy atom. The number of aromatic nitrogens is 1. The number of amides is 2. The van der Waals surface area contributed by atoms with Crippen LogP contribution < -0.4 is 14.5 Å². The molecule has 1 N–H and O–H groups in total. The van der Waals surface area contributed by atoms with E-state index in [1.807, 2.05) is 32.0 Å². The Hall–Kier alpha value is -3.22. The minimum Gasteiger partial charge on any atom is -0.489 e. The summed E-state index contributed by atoms with van der Waals surface area (Å²) in [7, 11) is -3.78. The van der Waals surface area contributed by atoms with E-state index in [2.05, 4.69) is 4.98 Å². The highest BCUT2D eigenvalue weighted by atomic mass is 31.2. The first-order chi connectivity index (χ1) is 20.4. The van der Waals surface area contributed by atoms with Crippen LogP contribution in [0.5, 0.6) is 5.75 Å². The molecule has 1 unspecified atom stereocenters. The molecule has 4 heterocycles. The van der Waals surface area contributed by atoms with Crippen molar-refractivity contribution in [2.45, 2.75) is 57.8 Å². The number of anilines is 2. The topological polar surface area (TPSA) is 146 Å². The number of carbonyl (C=O) groups is 2. The minimum atomic E-state index is -3.78. The highest BCUT2D eigenvalue weighted by Gasteiger charge is 2.46. The third-order valence-corrected chi connectivity index (χ3v) is 8.63. The fourth-order valence-electron chi connectivity index (χ4n) is 4.81. The number of aliphatic hydroxyl groups excluding tert-OH is 1. The molecule has 0 aliphatic carbocycles. The molecular weight excluding hydrogens is 569 g/mol. The first-order valence-electron chi connectivity index (χ1n) is 14.2. The number of nitrogens with zero attached hydrogens (tertiary/aromatic N) is 3. The Kier molecular flexibility index (Phi) is 9.64. The van der Waals surface area contributed by atoms with Crippen molar-refractivity contribution in [3.05, 3.63) is 36.5 Å². The number of benzene rings is 1. The maximum atomic E-state index is 13.0. The molecule has 2 saturated heterocycles. The average Bonchev–Trinajstić information content (AvgIpc) is 3.55. The van der Waals surface area contributed by atoms with E-state index >= 15 is 0 Å². The maximum Gasteiger partial charge on any atom is 0.474 e. The second-order valence-electron chi connectivity index (χ2n) is 10.2. The number of cyclic esters (lactones) is 2. The average molecular weight is 606 g/mol. The van der Waals surface area contributed by atoms with Gasteiger partial charge in [0.15, 0.2) is 6.10 Å². The van der Waals surface area contributed by atoms with Crippen molar-refractivity contribution < 1.29 is 47.0 Å². The highest BCUT2D eigenvalue weighted by molar-refractivity contribution is 7.48. The molecule has 2 amide bonds. The van der Waals surface area contributed by atoms with Gasteiger partial charge in [-0.15, -0.1) is 0 Å². The van der Waals surface area contributed by atoms with Crippen molar-refractivity contribution in [2.75, 3.05) is 49.4 Å². The van der Waals surface area contributed by atoms with Gasteiger partial charge < -0.3 is 19.3 Å². The van der Waals surface area contributed by atoms with Crippen LogP contribution in [0.15, 0.2) is 36.5 Å². The lowest BCUT2D eigenvalue weighted by molar-refractivity contribution is 0.0637. The largest absolute Gasteiger partial charge is 0.489 e. The zero-order valence-corrected chi connectivity index (χ0v) is 24.6. The molecule has 0 saturated carbocycles. The van der Waals surface area contributed by atoms with E-state index in [4.69, 9.17) is 27.8 Å². The number of aliphatic hydroxyl groups is 1. The van der Waals surface area contributed by atoms with Crippen molar-refractivity contribution in [3.63, 3.8) is 0 Å². The number of phosphoric ester groups is 1. The Morgan fingerprint density at radius 3 is 2.40 bits per heavy atom. The third-order valence-electron chi connectivity index (χ3n) is 7.16. The molecular formula is C28H36N3O10P. The molecule has 3 atom stereocenters. The summed E-state index contributed by atoms with van der Waals surface area (Å²) in [6.45, 7) is 4.43. The van der Waals surface area contributed by atoms with Gasteiger partial charge in [0.2, 0.25) is 0 Å². The van der Waals surface area contributed by atoms with E-state index in [1.165, 1.54) is 9.80 Å². The Morgan fingerprint density at radius 1 is 1.00 bits per heavy atom. The molecule has 1 aromatic carbocycles. The molecule has 2 aromatic rings. The fourth-order valence-corrected chi connectivity index (χ4v) is 6.09. The summed E-state index contributed by atoms with van der Waals surface area (Å²) < 4.78 is 46.0. The summed E-state index contributed by atoms with van der Waals surface area (Å²) in [5.41, 5.74) is 2.14. The van der Waals surface area contributed by atoms with Crippen LogP contribution in [-0.4, -0.2) is 80.1 Å². The van der Waals surface area contributed by atoms with Gasteiger partial charge in [0, 0.05) is 11.8 Å². The van der Waals surface area contributed by atoms with Crippen molar-refractivity contribution in [1.29, 1.82) is 0 Å². The zero-order chi connectivity index (χ0) is 29.7. The molecule has 3 aliphatic heterocycles. The molecule has 42 heavy (non-hydrogen) atoms. The van der Waals surface area contributed by atoms with Gasteiger partial charge in [-0.05, 0) is 42.7 Å². The van der Waals surface area contributed by atoms with Crippen LogP contribution in [0.25, 0.3) is 11.1 Å². The smallest absolute Gasteiger partial charge is 0.474 e. The molecule has 0 bridgehead atoms. The number of phosphoric acid groups is 1. The minimum absolute atomic E-state index is 0.143. The van der Waals surface area contributed by atoms with Crippen LogP contribution in [0.1, 0.15) is 39.5 Å². The van der Waals surface area contributed by atoms with Crippen molar-refractivity contribution in [2.24, 2.45) is 0 Å². The lowest BCUT2D eigenvalue weighted by Gasteiger charge is -2.31. The molecule has 13 nitrogen and oxygen atoms in total. The molecule has 228 valence electrons. The summed E-state index contributed by atoms with van der Waals surface area (Å²) in [6, 6.07) is 8.54. The van der Waals surface area contributed by atoms with Gasteiger partial charge in [-0.1, -0.05) is 32.8 Å². The van der Waals surface area contributed by atoms with Crippen LogP contribution in [0.2, 0.25) is 0 Å². The quantitative estimate of drug-likeness (QED) is 0.231. The fraction of sp³-hybridized carbons (Fsp3) is 0.536. The molecule has 5 rings (SSSR count). The summed E-state index contributed by atoms with van der Waals surface area (Å²) in [4.78, 5) is 32.3. The number of unbranched alkanes of at least 4 members (excludes halogenated alkanes) is 2. The van der Waals surface area contributed by atoms with Crippen molar-refractivity contribution in [1.82, 2.24) is 4.98 Å². The predicted molar refractivity (Wildman–Crippen MR) is 152 cm³/mol. The maximum absolute atomic E-state index is 13.0. The normalized spacial score (nSPS) is 21.5. The van der Waals surface area contributed by atoms with Crippen molar-refractivity contribution >= 4 is 31.5 Å². The van der Waals surface area contributed by atoms with Crippen LogP contribution >= 0.6 is 7.82 Å². The molecule has 0 spiro atoms. The molecule has 3 aliphatic rings. The predicted octanol–water partition coefficient (Wildman–Crippen LogP) is 4.91. The van der Waals surface area contributed by atoms with E-state index in [9.17, 15) is 19.3 Å². The monoisotopic (exact) mass is 605 g/mol. The van der Waals surface area contributed by atoms with Crippen LogP contribution in [-0.2, 0) is 27.6 Å². The Labute approximate surface area is 244 Å². The first-order valence-corrected chi connectivity index (χ1v) is 15.7. The van der Waals surface area contributed by atoms with E-state index in [0.717, 1.165) is 36.8 Å². The lowest BCUT2D eigenvalue weighted by atomic mass is 10.0. The number of hydrogen-bond donors (Lipinski definition) is 1. The molecule has 1 aromatic heterocycles. The SMILES string of the molecule is CCCCOP(=O)(OCCCC)OCC1CN(c2ccc(-c3ccc4c(c3)OC[C@H]3[C@H](CO)OC(=O)N43)cn2)C(=O)O1. The highest BCUT2D eigenvalue weighted by Crippen LogP contribution is 2.50. The number of hydrogen-bond acceptors (Lipinski definition) is 11. The van der Waals surface area contributed by atoms with Crippen molar-refractivity contribution in [3.8, 4) is 16.9 Å². The van der Waals surface area contributed by atoms with Crippen LogP contribution in [0.4, 0.5) is 21.1 Å². The molecule has 14 heteroatoms. The third kappa shape index (κ3) is 6.55. The van der Waals surface area contributed by atoms with Gasteiger partial charge in [-0.3, -0.25) is 23.4 Å². The lowest BCUT2D eigenvalue weighted by Crippen LogP contribution is -2.45. The number of rotatable bonds is 14. The van der Waals surface area contributed by atoms with Crippen LogP contribution in [0, 0.1) is 0 Å². The van der Waals surface area contributed by atoms with Gasteiger partial charge in [0.05, 0.1) is 38.7 Å². The zero-order valence-electron chi connectivity index (χ0n) is 23.7. The summed E-state index contributed by atoms with van der Waals surface area (Å²) >= 11 is 0. The van der Waals surface area contributed by atoms with E-state index < -0.39 is 32.2 Å². The van der Waals surface area contributed by atoms with E-state index in [1.54, 1.807) is 18.3 Å². The number of carbonyl (C=O) groups excluding carboxylic acids is 2. The van der Waals surface area contributed by atoms with Gasteiger partial charge in [-0.2, -0.15) is 0 Å². The van der Waals surface area contributed by atoms with E-state index in [-0.39, 0.29) is 45.6 Å². The number of ether oxygens (including phenoxy) is 3. The van der Waals surface area contributed by atoms with Gasteiger partial charge in [0.25, 0.3) is 0 Å². The second kappa shape index (κ2) is 13.4. The van der Waals surface area contributed by atoms with Gasteiger partial charge in [0.1, 0.15) is 30.3 Å². The van der Waals surface area contributed by atoms with Crippen LogP contribution in [0.3, 0.4) is 0 Å². The second-order valence-corrected chi connectivity index (χ2v) is 11.8. The number of fused-ring (bicyclic) bond motifs is 3. The first kappa shape index (κ1) is 30.2. The summed E-state index contributed by atoms with van der Waals surface area (Å²) in [6.07, 6.45) is 2.39. The molecule has 0 radical (unpaired) electrons. The summed E-state index contributed by atoms with van der Waals surface area (Å²) in [5, 5.41) is 9.50. The summed E-state index contributed by atoms with van der Waals surface area (Å²) in [5.74, 6) is 0.906. The number of pyridine rings is 1. The molecule has 2 fully saturated rings. The van der Waals surface area contributed by atoms with E-state index in [0.29, 0.717) is 17.3 Å². The Balaban J connectivity index is 1.21. The van der Waals surface area contributed by atoms with Gasteiger partial charge in [-0.25, -0.2) is 19.1 Å². The Bertz CT molecular complexity index is 1300. The standard InChI is InChI=1S/C28H36N3O10P/c1-3-5-11-37-42(35,38-12-6-4-2)39-17-21-15-30(27(33)40-21)26-10-8-20(14-29-26)19-7-9-22-24(13-19)36-18-23-25(16-32)41-28(34)31(22)23/h7-10,13-14,21,23,25,32H,3-6,11-12,15-18H2,1-2H3/t21?,23-,25-/m0/s1. The van der Waals surface area contributed by atoms with Gasteiger partial charge >= 0.3 is 20.0 Å².